The summed E-state index contributed by atoms with van der Waals surface area (Å²) in [4.78, 5) is 9.60. The van der Waals surface area contributed by atoms with Crippen LogP contribution in [0.3, 0.4) is 0 Å². The second-order valence-electron chi connectivity index (χ2n) is 20.6. The van der Waals surface area contributed by atoms with Crippen LogP contribution in [0.25, 0.3) is 0 Å². The van der Waals surface area contributed by atoms with Gasteiger partial charge in [0.05, 0.1) is 469 Å². The molecule has 0 amide bonds. The molecule has 0 aromatic carbocycles. The number of aliphatic hydroxyl groups excluding tert-OH is 36. The Morgan fingerprint density at radius 2 is 0.231 bits per heavy atom. The first-order valence-corrected chi connectivity index (χ1v) is 41.8. The summed E-state index contributed by atoms with van der Waals surface area (Å²) in [6.07, 6.45) is -0.878. The summed E-state index contributed by atoms with van der Waals surface area (Å²) in [6, 6.07) is 0. The minimum absolute atomic E-state index is 0.0278. The van der Waals surface area contributed by atoms with Crippen LogP contribution in [0.4, 0.5) is 0 Å². The van der Waals surface area contributed by atoms with E-state index in [1.165, 1.54) is 14.0 Å². The van der Waals surface area contributed by atoms with Crippen LogP contribution in [0.1, 0.15) is 6.92 Å². The molecule has 57 heteroatoms. The van der Waals surface area contributed by atoms with Gasteiger partial charge in [-0.25, -0.2) is 4.79 Å². The molecule has 0 aliphatic rings. The quantitative estimate of drug-likeness (QED) is 0.0153. The van der Waals surface area contributed by atoms with Gasteiger partial charge in [-0.3, -0.25) is 0 Å². The third kappa shape index (κ3) is 366. The highest BCUT2D eigenvalue weighted by molar-refractivity contribution is 5.84. The predicted octanol–water partition coefficient (Wildman–Crippen LogP) is -17.6. The highest BCUT2D eigenvalue weighted by Crippen LogP contribution is 1.85. The Hall–Kier alpha value is -2.99. The van der Waals surface area contributed by atoms with Gasteiger partial charge in [0.1, 0.15) is 0 Å². The molecule has 0 aromatic rings. The normalized spacial score (nSPS) is 9.63. The Bertz CT molecular complexity index is 1110. The Morgan fingerprint density at radius 1 is 0.172 bits per heavy atom. The molecule has 0 saturated heterocycles. The van der Waals surface area contributed by atoms with Gasteiger partial charge in [0, 0.05) is 12.7 Å². The van der Waals surface area contributed by atoms with E-state index in [0.29, 0.717) is 225 Å². The van der Waals surface area contributed by atoms with Crippen molar-refractivity contribution in [3.8, 4) is 0 Å². The lowest BCUT2D eigenvalue weighted by atomic mass is 10.4. The number of aliphatic carboxylic acids is 1. The van der Waals surface area contributed by atoms with Crippen LogP contribution in [-0.2, 0) is 94.8 Å². The Labute approximate surface area is 789 Å². The van der Waals surface area contributed by atoms with Gasteiger partial charge in [-0.1, -0.05) is 6.58 Å². The van der Waals surface area contributed by atoms with E-state index in [2.05, 4.69) is 91.8 Å². The van der Waals surface area contributed by atoms with Crippen LogP contribution >= 0.6 is 0 Å². The van der Waals surface area contributed by atoms with E-state index in [9.17, 15) is 4.79 Å². The van der Waals surface area contributed by atoms with Crippen LogP contribution in [-0.4, -0.2) is 677 Å². The highest BCUT2D eigenvalue weighted by Gasteiger charge is 1.99. The summed E-state index contributed by atoms with van der Waals surface area (Å²) in [5.41, 5.74) is 0.176. The van der Waals surface area contributed by atoms with E-state index in [4.69, 9.17) is 194 Å². The van der Waals surface area contributed by atoms with E-state index >= 15 is 0 Å². The molecule has 838 valence electrons. The van der Waals surface area contributed by atoms with E-state index in [0.717, 1.165) is 0 Å². The van der Waals surface area contributed by atoms with E-state index < -0.39 is 12.3 Å². The summed E-state index contributed by atoms with van der Waals surface area (Å²) >= 11 is 0. The molecule has 37 N–H and O–H groups in total. The van der Waals surface area contributed by atoms with Crippen molar-refractivity contribution in [2.75, 3.05) is 476 Å². The lowest BCUT2D eigenvalue weighted by Crippen LogP contribution is -2.18. The zero-order valence-corrected chi connectivity index (χ0v) is 79.2. The van der Waals surface area contributed by atoms with E-state index in [1.807, 2.05) is 0 Å². The van der Waals surface area contributed by atoms with Crippen LogP contribution < -0.4 is 0 Å². The zero-order valence-electron chi connectivity index (χ0n) is 79.2. The third-order valence-electron chi connectivity index (χ3n) is 9.14. The lowest BCUT2D eigenvalue weighted by Gasteiger charge is -2.06. The SMILES string of the molecule is C=C(C)C(=O)O.COC(O)COCCO.OCCOCCO.OCCOCCO.OCCOCCO.OCCOCCO.OCCOCCO.OCCOCCO.OCCOCCO.OCCOCCO.OCCOCCO.OCCOCCO.OCCOCCO.OCCOCCO.OCCOCCO.OCCOCCO.OCCOCCO.OCCOCCO.OCCOCCO. The number of carboxylic acid groups (broad SMARTS) is 1. The second-order valence-corrected chi connectivity index (χ2v) is 20.6. The molecule has 1 unspecified atom stereocenters. The molecule has 0 saturated carbocycles. The molecule has 0 bridgehead atoms. The molecule has 134 heavy (non-hydrogen) atoms. The largest absolute Gasteiger partial charge is 0.478 e. The fraction of sp³-hybridized carbons (Fsp3) is 0.961. The second kappa shape index (κ2) is 235. The monoisotopic (exact) mass is 2030 g/mol. The first kappa shape index (κ1) is 176. The van der Waals surface area contributed by atoms with Crippen molar-refractivity contribution >= 4 is 5.97 Å². The molecule has 1 atom stereocenters. The summed E-state index contributed by atoms with van der Waals surface area (Å²) in [7, 11) is 1.38. The van der Waals surface area contributed by atoms with Crippen molar-refractivity contribution in [1.82, 2.24) is 0 Å². The number of carboxylic acids is 1. The van der Waals surface area contributed by atoms with Crippen molar-refractivity contribution in [3.63, 3.8) is 0 Å². The molecule has 0 aliphatic carbocycles. The van der Waals surface area contributed by atoms with Crippen LogP contribution in [0.5, 0.6) is 0 Å². The molecule has 0 aliphatic heterocycles. The molecule has 0 fully saturated rings. The van der Waals surface area contributed by atoms with Crippen LogP contribution in [0.2, 0.25) is 0 Å². The summed E-state index contributed by atoms with van der Waals surface area (Å²) < 4.78 is 87.9. The highest BCUT2D eigenvalue weighted by atomic mass is 16.6. The minimum Gasteiger partial charge on any atom is -0.478 e. The fourth-order valence-electron chi connectivity index (χ4n) is 4.25. The molecule has 0 heterocycles. The van der Waals surface area contributed by atoms with Crippen LogP contribution in [0.15, 0.2) is 12.2 Å². The maximum absolute atomic E-state index is 9.60. The molecular formula is C77H188O57. The average molecular weight is 2030 g/mol. The first-order valence-electron chi connectivity index (χ1n) is 41.8. The number of hydrogen-bond acceptors (Lipinski definition) is 56. The van der Waals surface area contributed by atoms with Crippen molar-refractivity contribution in [2.45, 2.75) is 13.2 Å². The van der Waals surface area contributed by atoms with Gasteiger partial charge >= 0.3 is 5.97 Å². The van der Waals surface area contributed by atoms with E-state index in [-0.39, 0.29) is 250 Å². The number of aliphatic hydroxyl groups is 36. The predicted molar refractivity (Wildman–Crippen MR) is 478 cm³/mol. The zero-order chi connectivity index (χ0) is 106. The summed E-state index contributed by atoms with van der Waals surface area (Å²) in [5, 5.41) is 300. The molecular weight excluding hydrogens is 1840 g/mol. The number of methoxy groups -OCH3 is 1. The minimum atomic E-state index is -0.935. The smallest absolute Gasteiger partial charge is 0.330 e. The number of carbonyl (C=O) groups is 1. The summed E-state index contributed by atoms with van der Waals surface area (Å²) in [6.45, 7) is 16.7. The van der Waals surface area contributed by atoms with Crippen molar-refractivity contribution < 1.29 is 284 Å². The summed E-state index contributed by atoms with van der Waals surface area (Å²) in [5.74, 6) is -0.935. The van der Waals surface area contributed by atoms with Crippen molar-refractivity contribution in [3.05, 3.63) is 12.2 Å². The van der Waals surface area contributed by atoms with E-state index in [1.54, 1.807) is 0 Å². The number of hydrogen-bond donors (Lipinski definition) is 37. The number of ether oxygens (including phenoxy) is 19. The third-order valence-corrected chi connectivity index (χ3v) is 9.14. The van der Waals surface area contributed by atoms with Crippen molar-refractivity contribution in [2.24, 2.45) is 0 Å². The maximum Gasteiger partial charge on any atom is 0.330 e. The molecule has 57 nitrogen and oxygen atoms in total. The van der Waals surface area contributed by atoms with Gasteiger partial charge in [-0.15, -0.1) is 0 Å². The molecule has 0 rings (SSSR count). The number of rotatable bonds is 74. The van der Waals surface area contributed by atoms with Crippen LogP contribution in [0, 0.1) is 0 Å². The van der Waals surface area contributed by atoms with Gasteiger partial charge in [0.15, 0.2) is 6.29 Å². The standard InChI is InChI=1S/C5H12O4.17C4H10O3.C4H6O2/c1-8-5(7)4-9-3-2-6;17*5-1-3-7-4-2-6;1-3(2)4(5)6/h5-7H,2-4H2,1H3;17*5-6H,1-4H2;1H2,2H3,(H,5,6). The Morgan fingerprint density at radius 3 is 0.276 bits per heavy atom. The average Bonchev–Trinajstić information content (AvgIpc) is 1.09. The molecule has 0 radical (unpaired) electrons. The van der Waals surface area contributed by atoms with Gasteiger partial charge in [0.25, 0.3) is 0 Å². The fourth-order valence-corrected chi connectivity index (χ4v) is 4.25. The lowest BCUT2D eigenvalue weighted by molar-refractivity contribution is -0.132. The Kier molecular flexibility index (Phi) is 309. The molecule has 0 aromatic heterocycles. The van der Waals surface area contributed by atoms with Gasteiger partial charge in [-0.2, -0.15) is 0 Å². The first-order chi connectivity index (χ1) is 65.0. The van der Waals surface area contributed by atoms with Gasteiger partial charge in [-0.05, 0) is 6.92 Å². The van der Waals surface area contributed by atoms with Gasteiger partial charge in [0.2, 0.25) is 0 Å². The maximum atomic E-state index is 9.60. The topological polar surface area (TPSA) is 941 Å². The van der Waals surface area contributed by atoms with Crippen molar-refractivity contribution in [1.29, 1.82) is 0 Å². The van der Waals surface area contributed by atoms with Gasteiger partial charge < -0.3 is 279 Å². The molecule has 0 spiro atoms. The Balaban J connectivity index is -0.0000000613.